The fourth-order valence-corrected chi connectivity index (χ4v) is 9.17. The van der Waals surface area contributed by atoms with Crippen molar-refractivity contribution in [1.29, 1.82) is 0 Å². The van der Waals surface area contributed by atoms with Gasteiger partial charge in [0.15, 0.2) is 5.13 Å². The molecule has 2 heterocycles. The molecule has 180 valence electrons. The third-order valence-corrected chi connectivity index (χ3v) is 10.9. The summed E-state index contributed by atoms with van der Waals surface area (Å²) in [5.74, 6) is 2.54. The molecule has 3 saturated carbocycles. The van der Waals surface area contributed by atoms with E-state index in [2.05, 4.69) is 30.6 Å². The number of anilines is 2. The zero-order valence-electron chi connectivity index (χ0n) is 20.3. The van der Waals surface area contributed by atoms with Crippen molar-refractivity contribution in [1.82, 2.24) is 9.88 Å². The highest BCUT2D eigenvalue weighted by Gasteiger charge is 2.60. The summed E-state index contributed by atoms with van der Waals surface area (Å²) < 4.78 is 13.2. The molecule has 0 radical (unpaired) electrons. The maximum absolute atomic E-state index is 13.2. The first kappa shape index (κ1) is 22.3. The maximum Gasteiger partial charge on any atom is 0.246 e. The van der Waals surface area contributed by atoms with Crippen LogP contribution in [0.3, 0.4) is 0 Å². The predicted molar refractivity (Wildman–Crippen MR) is 135 cm³/mol. The van der Waals surface area contributed by atoms with E-state index in [1.54, 1.807) is 23.5 Å². The van der Waals surface area contributed by atoms with Gasteiger partial charge in [-0.15, -0.1) is 11.3 Å². The van der Waals surface area contributed by atoms with Crippen LogP contribution >= 0.6 is 11.3 Å². The number of carbonyl (C=O) groups excluding carboxylic acids is 1. The second-order valence-electron chi connectivity index (χ2n) is 11.5. The molecule has 3 aliphatic carbocycles. The molecule has 34 heavy (non-hydrogen) atoms. The SMILES string of the molecule is CN1C(=O)C=C[C@]2(C)[C@H]3CC[C@]4(C)[C@@H](c5csc(Nc6ccc(F)cc6)n5)CC[C@H]4[C@@H]3CC[C@@H]12. The molecule has 6 heteroatoms. The number of hydrogen-bond donors (Lipinski definition) is 1. The number of carbonyl (C=O) groups is 1. The molecule has 7 atom stereocenters. The molecule has 3 fully saturated rings. The average molecular weight is 480 g/mol. The van der Waals surface area contributed by atoms with Gasteiger partial charge in [0.1, 0.15) is 5.82 Å². The average Bonchev–Trinajstić information content (AvgIpc) is 3.41. The van der Waals surface area contributed by atoms with E-state index in [4.69, 9.17) is 4.98 Å². The van der Waals surface area contributed by atoms with Gasteiger partial charge in [0.05, 0.1) is 5.69 Å². The van der Waals surface area contributed by atoms with Gasteiger partial charge in [-0.2, -0.15) is 0 Å². The number of likely N-dealkylation sites (N-methyl/N-ethyl adjacent to an activating group) is 1. The molecule has 1 aromatic carbocycles. The normalized spacial score (nSPS) is 38.9. The number of hydrogen-bond acceptors (Lipinski definition) is 4. The van der Waals surface area contributed by atoms with Gasteiger partial charge in [-0.1, -0.05) is 19.9 Å². The van der Waals surface area contributed by atoms with Crippen LogP contribution in [-0.2, 0) is 4.79 Å². The zero-order valence-corrected chi connectivity index (χ0v) is 21.1. The van der Waals surface area contributed by atoms with E-state index in [1.807, 2.05) is 18.0 Å². The van der Waals surface area contributed by atoms with Crippen molar-refractivity contribution < 1.29 is 9.18 Å². The smallest absolute Gasteiger partial charge is 0.246 e. The van der Waals surface area contributed by atoms with E-state index in [0.29, 0.717) is 17.9 Å². The molecule has 0 unspecified atom stereocenters. The van der Waals surface area contributed by atoms with Crippen LogP contribution in [-0.4, -0.2) is 28.9 Å². The Morgan fingerprint density at radius 1 is 1.09 bits per heavy atom. The van der Waals surface area contributed by atoms with E-state index >= 15 is 0 Å². The molecule has 2 aromatic rings. The molecule has 1 amide bonds. The van der Waals surface area contributed by atoms with Crippen molar-refractivity contribution >= 4 is 28.1 Å². The summed E-state index contributed by atoms with van der Waals surface area (Å²) in [6, 6.07) is 6.80. The Morgan fingerprint density at radius 2 is 1.88 bits per heavy atom. The zero-order chi connectivity index (χ0) is 23.7. The molecule has 4 aliphatic rings. The minimum atomic E-state index is -0.226. The third kappa shape index (κ3) is 3.28. The van der Waals surface area contributed by atoms with Crippen molar-refractivity contribution in [2.24, 2.45) is 28.6 Å². The van der Waals surface area contributed by atoms with Crippen molar-refractivity contribution in [3.8, 4) is 0 Å². The van der Waals surface area contributed by atoms with Crippen LogP contribution in [0.4, 0.5) is 15.2 Å². The lowest BCUT2D eigenvalue weighted by Gasteiger charge is -2.60. The summed E-state index contributed by atoms with van der Waals surface area (Å²) in [6.07, 6.45) is 11.4. The number of rotatable bonds is 3. The van der Waals surface area contributed by atoms with Gasteiger partial charge < -0.3 is 10.2 Å². The van der Waals surface area contributed by atoms with Crippen molar-refractivity contribution in [2.75, 3.05) is 12.4 Å². The second-order valence-corrected chi connectivity index (χ2v) is 12.4. The van der Waals surface area contributed by atoms with Crippen LogP contribution in [0.15, 0.2) is 41.8 Å². The first-order valence-corrected chi connectivity index (χ1v) is 13.6. The second kappa shape index (κ2) is 7.91. The number of aromatic nitrogens is 1. The lowest BCUT2D eigenvalue weighted by molar-refractivity contribution is -0.138. The fraction of sp³-hybridized carbons (Fsp3) is 0.571. The van der Waals surface area contributed by atoms with Gasteiger partial charge in [0.25, 0.3) is 0 Å². The van der Waals surface area contributed by atoms with E-state index in [0.717, 1.165) is 29.1 Å². The monoisotopic (exact) mass is 479 g/mol. The highest BCUT2D eigenvalue weighted by molar-refractivity contribution is 7.13. The Labute approximate surface area is 205 Å². The van der Waals surface area contributed by atoms with Crippen molar-refractivity contribution in [3.63, 3.8) is 0 Å². The number of amides is 1. The number of halogens is 1. The standard InChI is InChI=1S/C28H34FN3OS/c1-27-14-12-21-19(8-11-24-28(21,2)15-13-25(33)32(24)3)20(27)9-10-22(27)23-16-34-26(31-23)30-18-6-4-17(29)5-7-18/h4-7,13,15-16,19-22,24H,8-12,14H2,1-3H3,(H,30,31)/t19-,20-,21-,22+,24+,27-,28+/m0/s1. The number of nitrogens with one attached hydrogen (secondary N) is 1. The lowest BCUT2D eigenvalue weighted by atomic mass is 9.47. The molecular formula is C28H34FN3OS. The van der Waals surface area contributed by atoms with Gasteiger partial charge in [0, 0.05) is 35.5 Å². The Morgan fingerprint density at radius 3 is 2.68 bits per heavy atom. The lowest BCUT2D eigenvalue weighted by Crippen LogP contribution is -2.59. The van der Waals surface area contributed by atoms with Gasteiger partial charge in [0.2, 0.25) is 5.91 Å². The third-order valence-electron chi connectivity index (χ3n) is 10.1. The Kier molecular flexibility index (Phi) is 5.18. The van der Waals surface area contributed by atoms with Crippen LogP contribution in [0.2, 0.25) is 0 Å². The summed E-state index contributed by atoms with van der Waals surface area (Å²) >= 11 is 1.65. The Balaban J connectivity index is 1.23. The molecular weight excluding hydrogens is 445 g/mol. The first-order valence-electron chi connectivity index (χ1n) is 12.7. The Hall–Kier alpha value is -2.21. The van der Waals surface area contributed by atoms with Crippen LogP contribution in [0.25, 0.3) is 0 Å². The topological polar surface area (TPSA) is 45.2 Å². The van der Waals surface area contributed by atoms with Crippen molar-refractivity contribution in [3.05, 3.63) is 53.3 Å². The molecule has 6 rings (SSSR count). The molecule has 0 bridgehead atoms. The number of thiazole rings is 1. The van der Waals surface area contributed by atoms with E-state index in [-0.39, 0.29) is 22.6 Å². The van der Waals surface area contributed by atoms with E-state index in [9.17, 15) is 9.18 Å². The number of fused-ring (bicyclic) bond motifs is 5. The molecule has 4 nitrogen and oxygen atoms in total. The number of benzene rings is 1. The summed E-state index contributed by atoms with van der Waals surface area (Å²) in [5.41, 5.74) is 2.47. The molecule has 0 spiro atoms. The van der Waals surface area contributed by atoms with Crippen LogP contribution in [0.1, 0.15) is 64.0 Å². The summed E-state index contributed by atoms with van der Waals surface area (Å²) in [5, 5.41) is 6.47. The predicted octanol–water partition coefficient (Wildman–Crippen LogP) is 6.75. The summed E-state index contributed by atoms with van der Waals surface area (Å²) in [7, 11) is 1.99. The largest absolute Gasteiger partial charge is 0.338 e. The minimum absolute atomic E-state index is 0.0951. The highest BCUT2D eigenvalue weighted by Crippen LogP contribution is 2.67. The first-order chi connectivity index (χ1) is 16.3. The van der Waals surface area contributed by atoms with Crippen LogP contribution < -0.4 is 5.32 Å². The summed E-state index contributed by atoms with van der Waals surface area (Å²) in [6.45, 7) is 4.94. The maximum atomic E-state index is 13.2. The van der Waals surface area contributed by atoms with E-state index in [1.165, 1.54) is 49.9 Å². The summed E-state index contributed by atoms with van der Waals surface area (Å²) in [4.78, 5) is 19.3. The molecule has 0 saturated heterocycles. The molecule has 1 aromatic heterocycles. The molecule has 1 aliphatic heterocycles. The van der Waals surface area contributed by atoms with Gasteiger partial charge in [-0.3, -0.25) is 4.79 Å². The van der Waals surface area contributed by atoms with Gasteiger partial charge in [-0.05, 0) is 92.0 Å². The quantitative estimate of drug-likeness (QED) is 0.530. The van der Waals surface area contributed by atoms with Gasteiger partial charge in [-0.25, -0.2) is 9.37 Å². The fourth-order valence-electron chi connectivity index (χ4n) is 8.38. The van der Waals surface area contributed by atoms with Gasteiger partial charge >= 0.3 is 0 Å². The highest BCUT2D eigenvalue weighted by atomic mass is 32.1. The minimum Gasteiger partial charge on any atom is -0.338 e. The van der Waals surface area contributed by atoms with Crippen LogP contribution in [0, 0.1) is 34.4 Å². The van der Waals surface area contributed by atoms with Crippen LogP contribution in [0.5, 0.6) is 0 Å². The van der Waals surface area contributed by atoms with E-state index < -0.39 is 0 Å². The molecule has 1 N–H and O–H groups in total. The van der Waals surface area contributed by atoms with Crippen molar-refractivity contribution in [2.45, 2.75) is 64.3 Å². The number of nitrogens with zero attached hydrogens (tertiary/aromatic N) is 2. The Bertz CT molecular complexity index is 1130.